The van der Waals surface area contributed by atoms with E-state index >= 15 is 4.39 Å². The molecule has 4 aromatic rings. The van der Waals surface area contributed by atoms with Gasteiger partial charge in [-0.05, 0) is 63.4 Å². The number of halogens is 2. The zero-order valence-corrected chi connectivity index (χ0v) is 25.1. The molecular weight excluding hydrogens is 556 g/mol. The Balaban J connectivity index is 1.71. The van der Waals surface area contributed by atoms with E-state index in [9.17, 15) is 19.1 Å². The molecule has 1 atom stereocenters. The van der Waals surface area contributed by atoms with Crippen molar-refractivity contribution in [2.24, 2.45) is 0 Å². The van der Waals surface area contributed by atoms with Gasteiger partial charge in [-0.15, -0.1) is 0 Å². The molecule has 1 aliphatic rings. The maximum absolute atomic E-state index is 15.8. The molecule has 0 radical (unpaired) electrons. The number of amides is 1. The van der Waals surface area contributed by atoms with Crippen molar-refractivity contribution in [1.82, 2.24) is 19.4 Å². The Morgan fingerprint density at radius 1 is 1.05 bits per heavy atom. The van der Waals surface area contributed by atoms with Gasteiger partial charge in [-0.1, -0.05) is 38.1 Å². The number of hydrogen-bond acceptors (Lipinski definition) is 7. The van der Waals surface area contributed by atoms with E-state index in [-0.39, 0.29) is 35.4 Å². The van der Waals surface area contributed by atoms with Crippen LogP contribution < -0.4 is 10.6 Å². The van der Waals surface area contributed by atoms with Crippen LogP contribution in [0.5, 0.6) is 5.75 Å². The molecule has 0 aliphatic carbocycles. The maximum Gasteiger partial charge on any atom is 0.410 e. The molecule has 5 rings (SSSR count). The van der Waals surface area contributed by atoms with Crippen LogP contribution in [0.2, 0.25) is 0 Å². The van der Waals surface area contributed by atoms with Crippen LogP contribution >= 0.6 is 0 Å². The number of hydrogen-bond donors (Lipinski definition) is 1. The summed E-state index contributed by atoms with van der Waals surface area (Å²) >= 11 is 0. The van der Waals surface area contributed by atoms with Crippen LogP contribution in [0.3, 0.4) is 0 Å². The van der Waals surface area contributed by atoms with Crippen molar-refractivity contribution in [2.75, 3.05) is 24.5 Å². The van der Waals surface area contributed by atoms with E-state index in [0.29, 0.717) is 18.8 Å². The fraction of sp³-hybridized carbons (Fsp3) is 0.375. The van der Waals surface area contributed by atoms with Gasteiger partial charge in [0.15, 0.2) is 11.5 Å². The van der Waals surface area contributed by atoms with E-state index < -0.39 is 46.0 Å². The van der Waals surface area contributed by atoms with Crippen molar-refractivity contribution in [1.29, 1.82) is 0 Å². The molecule has 0 spiro atoms. The minimum Gasteiger partial charge on any atom is -0.507 e. The van der Waals surface area contributed by atoms with Gasteiger partial charge in [-0.25, -0.2) is 27.9 Å². The lowest BCUT2D eigenvalue weighted by atomic mass is 10.0. The van der Waals surface area contributed by atoms with Crippen LogP contribution in [0.25, 0.3) is 28.0 Å². The van der Waals surface area contributed by atoms with E-state index in [1.54, 1.807) is 37.8 Å². The van der Waals surface area contributed by atoms with Gasteiger partial charge < -0.3 is 19.6 Å². The number of anilines is 1. The highest BCUT2D eigenvalue weighted by atomic mass is 19.1. The number of phenols is 1. The lowest BCUT2D eigenvalue weighted by molar-refractivity contribution is 0.0218. The maximum atomic E-state index is 15.8. The SMILES string of the molecule is CC(C)c1ccccc1-n1c(=O)nc(N2CCN(C(=O)OC(C)(C)C)C[C@@H]2C)c2cc(F)c(-c3c(O)cccc3F)nc21. The van der Waals surface area contributed by atoms with Crippen molar-refractivity contribution in [3.8, 4) is 22.7 Å². The van der Waals surface area contributed by atoms with Crippen LogP contribution in [0.1, 0.15) is 53.0 Å². The van der Waals surface area contributed by atoms with Crippen LogP contribution in [-0.4, -0.2) is 61.9 Å². The highest BCUT2D eigenvalue weighted by Crippen LogP contribution is 2.36. The van der Waals surface area contributed by atoms with Gasteiger partial charge in [0.1, 0.15) is 28.7 Å². The quantitative estimate of drug-likeness (QED) is 0.311. The number of ether oxygens (including phenoxy) is 1. The van der Waals surface area contributed by atoms with Gasteiger partial charge in [0.05, 0.1) is 16.6 Å². The highest BCUT2D eigenvalue weighted by Gasteiger charge is 2.33. The molecule has 3 heterocycles. The van der Waals surface area contributed by atoms with E-state index in [2.05, 4.69) is 9.97 Å². The Hall–Kier alpha value is -4.54. The lowest BCUT2D eigenvalue weighted by Gasteiger charge is -2.41. The number of rotatable bonds is 4. The average Bonchev–Trinajstić information content (AvgIpc) is 2.92. The molecule has 0 bridgehead atoms. The number of nitrogens with zero attached hydrogens (tertiary/aromatic N) is 5. The zero-order chi connectivity index (χ0) is 31.2. The first kappa shape index (κ1) is 29.9. The number of para-hydroxylation sites is 1. The van der Waals surface area contributed by atoms with Crippen LogP contribution in [-0.2, 0) is 4.74 Å². The highest BCUT2D eigenvalue weighted by molar-refractivity contribution is 5.91. The molecule has 1 N–H and O–H groups in total. The van der Waals surface area contributed by atoms with E-state index in [0.717, 1.165) is 11.6 Å². The monoisotopic (exact) mass is 591 g/mol. The minimum atomic E-state index is -0.890. The first-order valence-electron chi connectivity index (χ1n) is 14.2. The summed E-state index contributed by atoms with van der Waals surface area (Å²) in [5.74, 6) is -2.01. The summed E-state index contributed by atoms with van der Waals surface area (Å²) in [4.78, 5) is 39.0. The normalized spacial score (nSPS) is 15.8. The third-order valence-corrected chi connectivity index (χ3v) is 7.38. The van der Waals surface area contributed by atoms with Gasteiger partial charge in [-0.2, -0.15) is 4.98 Å². The fourth-order valence-corrected chi connectivity index (χ4v) is 5.41. The standard InChI is InChI=1S/C32H35F2N5O4/c1-18(2)20-10-7-8-12-24(20)39-29-21(16-23(34)27(35-29)26-22(33)11-9-13-25(26)40)28(36-30(39)41)38-15-14-37(17-19(38)3)31(42)43-32(4,5)6/h7-13,16,18-19,40H,14-15,17H2,1-6H3/t19-/m0/s1. The number of aromatic hydroxyl groups is 1. The molecular formula is C32H35F2N5O4. The van der Waals surface area contributed by atoms with Crippen molar-refractivity contribution >= 4 is 22.9 Å². The van der Waals surface area contributed by atoms with Gasteiger partial charge in [-0.3, -0.25) is 0 Å². The van der Waals surface area contributed by atoms with Gasteiger partial charge in [0.25, 0.3) is 0 Å². The molecule has 0 unspecified atom stereocenters. The van der Waals surface area contributed by atoms with Crippen molar-refractivity contribution in [3.05, 3.63) is 76.2 Å². The summed E-state index contributed by atoms with van der Waals surface area (Å²) in [5.41, 5.74) is -0.740. The molecule has 0 saturated carbocycles. The summed E-state index contributed by atoms with van der Waals surface area (Å²) in [6.45, 7) is 12.1. The number of carbonyl (C=O) groups excluding carboxylic acids is 1. The number of carbonyl (C=O) groups is 1. The van der Waals surface area contributed by atoms with Gasteiger partial charge in [0, 0.05) is 25.7 Å². The smallest absolute Gasteiger partial charge is 0.410 e. The van der Waals surface area contributed by atoms with Crippen LogP contribution in [0, 0.1) is 11.6 Å². The van der Waals surface area contributed by atoms with Crippen molar-refractivity contribution in [3.63, 3.8) is 0 Å². The molecule has 9 nitrogen and oxygen atoms in total. The largest absolute Gasteiger partial charge is 0.507 e. The Labute approximate surface area is 248 Å². The molecule has 2 aromatic heterocycles. The molecule has 43 heavy (non-hydrogen) atoms. The van der Waals surface area contributed by atoms with Crippen molar-refractivity contribution in [2.45, 2.75) is 59.1 Å². The molecule has 226 valence electrons. The third kappa shape index (κ3) is 5.76. The van der Waals surface area contributed by atoms with Crippen LogP contribution in [0.4, 0.5) is 19.4 Å². The first-order valence-corrected chi connectivity index (χ1v) is 14.2. The molecule has 11 heteroatoms. The fourth-order valence-electron chi connectivity index (χ4n) is 5.41. The second kappa shape index (κ2) is 11.3. The number of phenolic OH excluding ortho intramolecular Hbond substituents is 1. The number of benzene rings is 2. The summed E-state index contributed by atoms with van der Waals surface area (Å²) in [5, 5.41) is 10.7. The average molecular weight is 592 g/mol. The summed E-state index contributed by atoms with van der Waals surface area (Å²) in [7, 11) is 0. The summed E-state index contributed by atoms with van der Waals surface area (Å²) in [6.07, 6.45) is -0.445. The molecule has 2 aromatic carbocycles. The number of piperazine rings is 1. The Kier molecular flexibility index (Phi) is 7.85. The molecule has 1 fully saturated rings. The van der Waals surface area contributed by atoms with E-state index in [4.69, 9.17) is 4.74 Å². The lowest BCUT2D eigenvalue weighted by Crippen LogP contribution is -2.55. The summed E-state index contributed by atoms with van der Waals surface area (Å²) < 4.78 is 37.6. The number of pyridine rings is 1. The Morgan fingerprint density at radius 3 is 2.42 bits per heavy atom. The first-order chi connectivity index (χ1) is 20.3. The van der Waals surface area contributed by atoms with Gasteiger partial charge in [0.2, 0.25) is 0 Å². The predicted octanol–water partition coefficient (Wildman–Crippen LogP) is 6.00. The number of aromatic nitrogens is 3. The van der Waals surface area contributed by atoms with E-state index in [1.807, 2.05) is 37.8 Å². The second-order valence-corrected chi connectivity index (χ2v) is 12.1. The van der Waals surface area contributed by atoms with Crippen molar-refractivity contribution < 1.29 is 23.4 Å². The molecule has 1 amide bonds. The van der Waals surface area contributed by atoms with Gasteiger partial charge >= 0.3 is 11.8 Å². The Bertz CT molecular complexity index is 1750. The number of fused-ring (bicyclic) bond motifs is 1. The second-order valence-electron chi connectivity index (χ2n) is 12.1. The molecule has 1 aliphatic heterocycles. The van der Waals surface area contributed by atoms with Crippen LogP contribution in [0.15, 0.2) is 53.3 Å². The zero-order valence-electron chi connectivity index (χ0n) is 25.1. The molecule has 1 saturated heterocycles. The summed E-state index contributed by atoms with van der Waals surface area (Å²) in [6, 6.07) is 11.8. The third-order valence-electron chi connectivity index (χ3n) is 7.38. The minimum absolute atomic E-state index is 0.0225. The topological polar surface area (TPSA) is 101 Å². The van der Waals surface area contributed by atoms with E-state index in [1.165, 1.54) is 22.8 Å². The Morgan fingerprint density at radius 2 is 1.77 bits per heavy atom. The predicted molar refractivity (Wildman–Crippen MR) is 161 cm³/mol.